The highest BCUT2D eigenvalue weighted by Crippen LogP contribution is 2.31. The lowest BCUT2D eigenvalue weighted by atomic mass is 10.2. The van der Waals surface area contributed by atoms with Gasteiger partial charge in [0.25, 0.3) is 0 Å². The lowest BCUT2D eigenvalue weighted by Crippen LogP contribution is -2.35. The van der Waals surface area contributed by atoms with E-state index in [1.54, 1.807) is 24.3 Å². The minimum atomic E-state index is -4.37. The number of benzene rings is 2. The summed E-state index contributed by atoms with van der Waals surface area (Å²) in [6.45, 7) is 2.22. The van der Waals surface area contributed by atoms with Crippen LogP contribution in [0.4, 0.5) is 13.2 Å². The van der Waals surface area contributed by atoms with Gasteiger partial charge in [-0.3, -0.25) is 9.69 Å². The van der Waals surface area contributed by atoms with Crippen LogP contribution >= 0.6 is 0 Å². The maximum absolute atomic E-state index is 12.6. The van der Waals surface area contributed by atoms with Crippen molar-refractivity contribution in [3.63, 3.8) is 0 Å². The third-order valence-electron chi connectivity index (χ3n) is 5.02. The fraction of sp³-hybridized carbons (Fsp3) is 0.409. The van der Waals surface area contributed by atoms with E-state index in [-0.39, 0.29) is 12.5 Å². The fourth-order valence-electron chi connectivity index (χ4n) is 3.46. The molecule has 1 atom stereocenters. The van der Waals surface area contributed by atoms with E-state index < -0.39 is 17.7 Å². The molecule has 1 heterocycles. The Bertz CT molecular complexity index is 822. The standard InChI is InChI=1S/C22H24F3NO4/c23-22(24,25)16-5-7-19(8-6-16)30-20-11-9-18(10-12-20)29-15-17-3-1-13-26(17)14-2-4-21(27)28/h5-12,17H,1-4,13-15H2,(H,27,28)/t17-/m0/s1. The topological polar surface area (TPSA) is 59.0 Å². The highest BCUT2D eigenvalue weighted by atomic mass is 19.4. The number of halogens is 3. The van der Waals surface area contributed by atoms with E-state index in [9.17, 15) is 18.0 Å². The van der Waals surface area contributed by atoms with Crippen LogP contribution in [0, 0.1) is 0 Å². The zero-order valence-corrected chi connectivity index (χ0v) is 16.4. The molecule has 1 aliphatic heterocycles. The SMILES string of the molecule is O=C(O)CCCN1CCC[C@H]1COc1ccc(Oc2ccc(C(F)(F)F)cc2)cc1. The number of nitrogens with zero attached hydrogens (tertiary/aromatic N) is 1. The molecule has 3 rings (SSSR count). The van der Waals surface area contributed by atoms with Crippen LogP contribution in [0.25, 0.3) is 0 Å². The molecule has 1 N–H and O–H groups in total. The second-order valence-corrected chi connectivity index (χ2v) is 7.24. The highest BCUT2D eigenvalue weighted by molar-refractivity contribution is 5.66. The molecule has 0 unspecified atom stereocenters. The van der Waals surface area contributed by atoms with E-state index in [1.165, 1.54) is 12.1 Å². The number of rotatable bonds is 9. The molecule has 1 aliphatic rings. The van der Waals surface area contributed by atoms with Crippen molar-refractivity contribution in [1.82, 2.24) is 4.90 Å². The van der Waals surface area contributed by atoms with Gasteiger partial charge in [0.05, 0.1) is 5.56 Å². The molecule has 0 spiro atoms. The van der Waals surface area contributed by atoms with Gasteiger partial charge < -0.3 is 14.6 Å². The molecule has 0 saturated carbocycles. The predicted molar refractivity (Wildman–Crippen MR) is 105 cm³/mol. The molecular formula is C22H24F3NO4. The van der Waals surface area contributed by atoms with Crippen molar-refractivity contribution in [3.8, 4) is 17.2 Å². The molecule has 0 aromatic heterocycles. The summed E-state index contributed by atoms with van der Waals surface area (Å²) in [4.78, 5) is 12.9. The van der Waals surface area contributed by atoms with Crippen molar-refractivity contribution in [2.75, 3.05) is 19.7 Å². The first kappa shape index (κ1) is 22.0. The maximum atomic E-state index is 12.6. The van der Waals surface area contributed by atoms with Crippen LogP contribution in [-0.2, 0) is 11.0 Å². The van der Waals surface area contributed by atoms with E-state index in [1.807, 2.05) is 0 Å². The molecule has 5 nitrogen and oxygen atoms in total. The first-order chi connectivity index (χ1) is 14.3. The number of aliphatic carboxylic acids is 1. The van der Waals surface area contributed by atoms with Crippen LogP contribution in [0.2, 0.25) is 0 Å². The first-order valence-corrected chi connectivity index (χ1v) is 9.85. The van der Waals surface area contributed by atoms with Gasteiger partial charge in [-0.05, 0) is 80.9 Å². The third kappa shape index (κ3) is 6.38. The van der Waals surface area contributed by atoms with Gasteiger partial charge in [-0.15, -0.1) is 0 Å². The summed E-state index contributed by atoms with van der Waals surface area (Å²) < 4.78 is 49.3. The van der Waals surface area contributed by atoms with Crippen LogP contribution in [0.5, 0.6) is 17.2 Å². The summed E-state index contributed by atoms with van der Waals surface area (Å²) in [5.74, 6) is 0.714. The van der Waals surface area contributed by atoms with Gasteiger partial charge in [0.1, 0.15) is 23.9 Å². The Hall–Kier alpha value is -2.74. The van der Waals surface area contributed by atoms with Gasteiger partial charge in [-0.2, -0.15) is 13.2 Å². The molecule has 0 radical (unpaired) electrons. The normalized spacial score (nSPS) is 17.1. The van der Waals surface area contributed by atoms with Crippen LogP contribution in [0.1, 0.15) is 31.2 Å². The summed E-state index contributed by atoms with van der Waals surface area (Å²) in [6.07, 6.45) is -1.49. The second-order valence-electron chi connectivity index (χ2n) is 7.24. The predicted octanol–water partition coefficient (Wildman–Crippen LogP) is 5.21. The van der Waals surface area contributed by atoms with Gasteiger partial charge in [-0.25, -0.2) is 0 Å². The number of carboxylic acids is 1. The Balaban J connectivity index is 1.48. The Morgan fingerprint density at radius 2 is 1.63 bits per heavy atom. The lowest BCUT2D eigenvalue weighted by Gasteiger charge is -2.24. The van der Waals surface area contributed by atoms with Crippen molar-refractivity contribution in [1.29, 1.82) is 0 Å². The van der Waals surface area contributed by atoms with Crippen LogP contribution in [0.15, 0.2) is 48.5 Å². The number of ether oxygens (including phenoxy) is 2. The summed E-state index contributed by atoms with van der Waals surface area (Å²) >= 11 is 0. The second kappa shape index (κ2) is 9.84. The maximum Gasteiger partial charge on any atom is 0.416 e. The summed E-state index contributed by atoms with van der Waals surface area (Å²) in [5, 5.41) is 8.77. The Kier molecular flexibility index (Phi) is 7.20. The van der Waals surface area contributed by atoms with E-state index in [4.69, 9.17) is 14.6 Å². The van der Waals surface area contributed by atoms with Gasteiger partial charge in [-0.1, -0.05) is 0 Å². The van der Waals surface area contributed by atoms with Crippen molar-refractivity contribution in [2.45, 2.75) is 37.9 Å². The Morgan fingerprint density at radius 3 is 2.23 bits per heavy atom. The molecule has 1 fully saturated rings. The van der Waals surface area contributed by atoms with E-state index in [2.05, 4.69) is 4.90 Å². The summed E-state index contributed by atoms with van der Waals surface area (Å²) in [5.41, 5.74) is -0.720. The molecule has 0 bridgehead atoms. The molecule has 8 heteroatoms. The lowest BCUT2D eigenvalue weighted by molar-refractivity contribution is -0.138. The van der Waals surface area contributed by atoms with E-state index >= 15 is 0 Å². The minimum absolute atomic E-state index is 0.171. The largest absolute Gasteiger partial charge is 0.492 e. The number of hydrogen-bond acceptors (Lipinski definition) is 4. The molecule has 30 heavy (non-hydrogen) atoms. The zero-order valence-electron chi connectivity index (χ0n) is 16.4. The molecular weight excluding hydrogens is 399 g/mol. The van der Waals surface area contributed by atoms with Crippen LogP contribution < -0.4 is 9.47 Å². The molecule has 0 amide bonds. The van der Waals surface area contributed by atoms with Gasteiger partial charge in [0.15, 0.2) is 0 Å². The van der Waals surface area contributed by atoms with Crippen LogP contribution in [0.3, 0.4) is 0 Å². The molecule has 1 saturated heterocycles. The number of carboxylic acid groups (broad SMARTS) is 1. The van der Waals surface area contributed by atoms with Crippen molar-refractivity contribution < 1.29 is 32.5 Å². The zero-order chi connectivity index (χ0) is 21.6. The molecule has 162 valence electrons. The smallest absolute Gasteiger partial charge is 0.416 e. The number of alkyl halides is 3. The summed E-state index contributed by atoms with van der Waals surface area (Å²) in [7, 11) is 0. The molecule has 2 aromatic rings. The van der Waals surface area contributed by atoms with E-state index in [0.717, 1.165) is 38.1 Å². The monoisotopic (exact) mass is 423 g/mol. The van der Waals surface area contributed by atoms with Crippen molar-refractivity contribution in [2.24, 2.45) is 0 Å². The third-order valence-corrected chi connectivity index (χ3v) is 5.02. The number of hydrogen-bond donors (Lipinski definition) is 1. The number of carbonyl (C=O) groups is 1. The van der Waals surface area contributed by atoms with Crippen molar-refractivity contribution in [3.05, 3.63) is 54.1 Å². The Labute approximate surface area is 173 Å². The highest BCUT2D eigenvalue weighted by Gasteiger charge is 2.30. The average molecular weight is 423 g/mol. The Morgan fingerprint density at radius 1 is 1.03 bits per heavy atom. The number of likely N-dealkylation sites (tertiary alicyclic amines) is 1. The summed E-state index contributed by atoms with van der Waals surface area (Å²) in [6, 6.07) is 11.7. The van der Waals surface area contributed by atoms with Crippen molar-refractivity contribution >= 4 is 5.97 Å². The van der Waals surface area contributed by atoms with Gasteiger partial charge in [0.2, 0.25) is 0 Å². The van der Waals surface area contributed by atoms with E-state index in [0.29, 0.717) is 30.3 Å². The van der Waals surface area contributed by atoms with Crippen LogP contribution in [-0.4, -0.2) is 41.7 Å². The average Bonchev–Trinajstić information content (AvgIpc) is 3.14. The fourth-order valence-corrected chi connectivity index (χ4v) is 3.46. The van der Waals surface area contributed by atoms with Gasteiger partial charge >= 0.3 is 12.1 Å². The molecule has 0 aliphatic carbocycles. The quantitative estimate of drug-likeness (QED) is 0.600. The first-order valence-electron chi connectivity index (χ1n) is 9.85. The minimum Gasteiger partial charge on any atom is -0.492 e. The van der Waals surface area contributed by atoms with Gasteiger partial charge in [0, 0.05) is 12.5 Å². The molecule has 2 aromatic carbocycles.